The summed E-state index contributed by atoms with van der Waals surface area (Å²) in [6.07, 6.45) is 7.96. The third kappa shape index (κ3) is 3.55. The third-order valence-corrected chi connectivity index (χ3v) is 4.17. The lowest BCUT2D eigenvalue weighted by atomic mass is 9.76. The van der Waals surface area contributed by atoms with Crippen LogP contribution < -0.4 is 5.32 Å². The van der Waals surface area contributed by atoms with Crippen molar-refractivity contribution in [1.29, 1.82) is 0 Å². The van der Waals surface area contributed by atoms with Crippen LogP contribution in [0.25, 0.3) is 0 Å². The Morgan fingerprint density at radius 2 is 2.11 bits per heavy atom. The molecule has 0 aliphatic heterocycles. The summed E-state index contributed by atoms with van der Waals surface area (Å²) >= 11 is 3.31. The molecule has 1 aromatic heterocycles. The second-order valence-corrected chi connectivity index (χ2v) is 6.33. The number of carbonyl (C=O) groups is 1. The highest BCUT2D eigenvalue weighted by Gasteiger charge is 2.27. The fourth-order valence-corrected chi connectivity index (χ4v) is 2.71. The highest BCUT2D eigenvalue weighted by molar-refractivity contribution is 9.10. The SMILES string of the molecule is CC1(CNC(=O)c2ccc(Br)cn2)CCCCC1. The molecule has 1 aromatic rings. The molecule has 98 valence electrons. The normalized spacial score (nSPS) is 18.3. The molecule has 0 aromatic carbocycles. The number of halogens is 1. The number of nitrogens with one attached hydrogen (secondary N) is 1. The smallest absolute Gasteiger partial charge is 0.269 e. The van der Waals surface area contributed by atoms with Gasteiger partial charge in [0.15, 0.2) is 0 Å². The fourth-order valence-electron chi connectivity index (χ4n) is 2.48. The van der Waals surface area contributed by atoms with E-state index in [1.807, 2.05) is 6.07 Å². The Morgan fingerprint density at radius 1 is 1.39 bits per heavy atom. The Labute approximate surface area is 117 Å². The van der Waals surface area contributed by atoms with E-state index in [-0.39, 0.29) is 11.3 Å². The minimum atomic E-state index is -0.0747. The van der Waals surface area contributed by atoms with Crippen LogP contribution in [0.1, 0.15) is 49.5 Å². The summed E-state index contributed by atoms with van der Waals surface area (Å²) in [5.74, 6) is -0.0747. The van der Waals surface area contributed by atoms with E-state index in [0.717, 1.165) is 11.0 Å². The van der Waals surface area contributed by atoms with E-state index in [0.29, 0.717) is 5.69 Å². The fraction of sp³-hybridized carbons (Fsp3) is 0.571. The second-order valence-electron chi connectivity index (χ2n) is 5.42. The molecule has 1 heterocycles. The number of rotatable bonds is 3. The molecule has 2 rings (SSSR count). The van der Waals surface area contributed by atoms with Crippen molar-refractivity contribution in [2.75, 3.05) is 6.54 Å². The number of amides is 1. The van der Waals surface area contributed by atoms with Gasteiger partial charge in [0.2, 0.25) is 0 Å². The van der Waals surface area contributed by atoms with Gasteiger partial charge in [-0.05, 0) is 46.3 Å². The van der Waals surface area contributed by atoms with Crippen molar-refractivity contribution in [3.63, 3.8) is 0 Å². The Hall–Kier alpha value is -0.900. The van der Waals surface area contributed by atoms with Gasteiger partial charge in [0.1, 0.15) is 5.69 Å². The molecule has 1 N–H and O–H groups in total. The van der Waals surface area contributed by atoms with Crippen molar-refractivity contribution < 1.29 is 4.79 Å². The zero-order chi connectivity index (χ0) is 13.0. The van der Waals surface area contributed by atoms with E-state index in [4.69, 9.17) is 0 Å². The average molecular weight is 311 g/mol. The van der Waals surface area contributed by atoms with Crippen LogP contribution in [0.2, 0.25) is 0 Å². The topological polar surface area (TPSA) is 42.0 Å². The quantitative estimate of drug-likeness (QED) is 0.927. The summed E-state index contributed by atoms with van der Waals surface area (Å²) in [5.41, 5.74) is 0.751. The molecule has 1 aliphatic rings. The van der Waals surface area contributed by atoms with Crippen LogP contribution in [-0.4, -0.2) is 17.4 Å². The van der Waals surface area contributed by atoms with Gasteiger partial charge in [0.25, 0.3) is 5.91 Å². The van der Waals surface area contributed by atoms with Crippen LogP contribution >= 0.6 is 15.9 Å². The Balaban J connectivity index is 1.89. The van der Waals surface area contributed by atoms with Crippen molar-refractivity contribution in [1.82, 2.24) is 10.3 Å². The van der Waals surface area contributed by atoms with Crippen LogP contribution in [-0.2, 0) is 0 Å². The number of hydrogen-bond donors (Lipinski definition) is 1. The standard InChI is InChI=1S/C14H19BrN2O/c1-14(7-3-2-4-8-14)10-17-13(18)12-6-5-11(15)9-16-12/h5-6,9H,2-4,7-8,10H2,1H3,(H,17,18). The van der Waals surface area contributed by atoms with Gasteiger partial charge in [-0.25, -0.2) is 4.98 Å². The number of pyridine rings is 1. The molecule has 1 aliphatic carbocycles. The summed E-state index contributed by atoms with van der Waals surface area (Å²) in [6, 6.07) is 3.58. The maximum Gasteiger partial charge on any atom is 0.269 e. The van der Waals surface area contributed by atoms with Crippen molar-refractivity contribution >= 4 is 21.8 Å². The van der Waals surface area contributed by atoms with Gasteiger partial charge in [0.05, 0.1) is 0 Å². The maximum atomic E-state index is 12.0. The van der Waals surface area contributed by atoms with Gasteiger partial charge < -0.3 is 5.32 Å². The number of carbonyl (C=O) groups excluding carboxylic acids is 1. The van der Waals surface area contributed by atoms with Gasteiger partial charge in [-0.1, -0.05) is 26.2 Å². The van der Waals surface area contributed by atoms with E-state index >= 15 is 0 Å². The van der Waals surface area contributed by atoms with Crippen molar-refractivity contribution in [2.24, 2.45) is 5.41 Å². The van der Waals surface area contributed by atoms with E-state index in [1.165, 1.54) is 32.1 Å². The molecule has 0 atom stereocenters. The summed E-state index contributed by atoms with van der Waals surface area (Å²) in [4.78, 5) is 16.1. The number of nitrogens with zero attached hydrogens (tertiary/aromatic N) is 1. The predicted octanol–water partition coefficient (Wildman–Crippen LogP) is 3.54. The van der Waals surface area contributed by atoms with Crippen LogP contribution in [0, 0.1) is 5.41 Å². The Bertz CT molecular complexity index is 410. The summed E-state index contributed by atoms with van der Waals surface area (Å²) < 4.78 is 0.887. The molecule has 0 saturated heterocycles. The van der Waals surface area contributed by atoms with Gasteiger partial charge in [-0.2, -0.15) is 0 Å². The number of aromatic nitrogens is 1. The summed E-state index contributed by atoms with van der Waals surface area (Å²) in [5, 5.41) is 3.01. The largest absolute Gasteiger partial charge is 0.350 e. The molecular formula is C14H19BrN2O. The average Bonchev–Trinajstić information content (AvgIpc) is 2.38. The molecule has 1 saturated carbocycles. The predicted molar refractivity (Wildman–Crippen MR) is 75.5 cm³/mol. The summed E-state index contributed by atoms with van der Waals surface area (Å²) in [7, 11) is 0. The highest BCUT2D eigenvalue weighted by Crippen LogP contribution is 2.34. The zero-order valence-corrected chi connectivity index (χ0v) is 12.3. The number of hydrogen-bond acceptors (Lipinski definition) is 2. The second kappa shape index (κ2) is 5.83. The van der Waals surface area contributed by atoms with Crippen molar-refractivity contribution in [2.45, 2.75) is 39.0 Å². The molecule has 3 nitrogen and oxygen atoms in total. The van der Waals surface area contributed by atoms with Gasteiger partial charge in [-0.15, -0.1) is 0 Å². The molecule has 0 radical (unpaired) electrons. The third-order valence-electron chi connectivity index (χ3n) is 3.70. The first-order chi connectivity index (χ1) is 8.59. The first kappa shape index (κ1) is 13.5. The van der Waals surface area contributed by atoms with Crippen LogP contribution in [0.15, 0.2) is 22.8 Å². The lowest BCUT2D eigenvalue weighted by Gasteiger charge is -2.33. The van der Waals surface area contributed by atoms with E-state index in [9.17, 15) is 4.79 Å². The minimum Gasteiger partial charge on any atom is -0.350 e. The van der Waals surface area contributed by atoms with Crippen LogP contribution in [0.5, 0.6) is 0 Å². The van der Waals surface area contributed by atoms with Crippen molar-refractivity contribution in [3.05, 3.63) is 28.5 Å². The molecular weight excluding hydrogens is 292 g/mol. The van der Waals surface area contributed by atoms with Crippen LogP contribution in [0.3, 0.4) is 0 Å². The van der Waals surface area contributed by atoms with Gasteiger partial charge in [-0.3, -0.25) is 4.79 Å². The minimum absolute atomic E-state index is 0.0747. The maximum absolute atomic E-state index is 12.0. The molecule has 0 unspecified atom stereocenters. The molecule has 0 bridgehead atoms. The first-order valence-electron chi connectivity index (χ1n) is 6.49. The van der Waals surface area contributed by atoms with Gasteiger partial charge in [0, 0.05) is 17.2 Å². The molecule has 0 spiro atoms. The molecule has 4 heteroatoms. The van der Waals surface area contributed by atoms with E-state index in [2.05, 4.69) is 33.2 Å². The van der Waals surface area contributed by atoms with Gasteiger partial charge >= 0.3 is 0 Å². The first-order valence-corrected chi connectivity index (χ1v) is 7.28. The summed E-state index contributed by atoms with van der Waals surface area (Å²) in [6.45, 7) is 3.02. The lowest BCUT2D eigenvalue weighted by molar-refractivity contribution is 0.0914. The van der Waals surface area contributed by atoms with Crippen molar-refractivity contribution in [3.8, 4) is 0 Å². The Kier molecular flexibility index (Phi) is 4.38. The lowest BCUT2D eigenvalue weighted by Crippen LogP contribution is -2.37. The van der Waals surface area contributed by atoms with E-state index < -0.39 is 0 Å². The van der Waals surface area contributed by atoms with Crippen LogP contribution in [0.4, 0.5) is 0 Å². The molecule has 1 amide bonds. The molecule has 18 heavy (non-hydrogen) atoms. The zero-order valence-electron chi connectivity index (χ0n) is 10.7. The molecule has 1 fully saturated rings. The monoisotopic (exact) mass is 310 g/mol. The highest BCUT2D eigenvalue weighted by atomic mass is 79.9. The van der Waals surface area contributed by atoms with E-state index in [1.54, 1.807) is 12.3 Å². The Morgan fingerprint density at radius 3 is 2.72 bits per heavy atom.